The largest absolute Gasteiger partial charge is 0.441 e. The van der Waals surface area contributed by atoms with E-state index >= 15 is 0 Å². The normalized spacial score (nSPS) is 19.9. The van der Waals surface area contributed by atoms with Crippen LogP contribution in [0.15, 0.2) is 34.9 Å². The Morgan fingerprint density at radius 3 is 2.93 bits per heavy atom. The predicted octanol–water partition coefficient (Wildman–Crippen LogP) is 2.29. The van der Waals surface area contributed by atoms with Crippen LogP contribution in [0, 0.1) is 6.92 Å². The molecule has 3 heterocycles. The van der Waals surface area contributed by atoms with Crippen LogP contribution < -0.4 is 5.32 Å². The van der Waals surface area contributed by atoms with Crippen molar-refractivity contribution in [2.24, 2.45) is 0 Å². The number of nitrogens with one attached hydrogen (secondary N) is 1. The van der Waals surface area contributed by atoms with E-state index in [2.05, 4.69) is 20.5 Å². The van der Waals surface area contributed by atoms with E-state index < -0.39 is 6.17 Å². The van der Waals surface area contributed by atoms with E-state index in [0.29, 0.717) is 30.3 Å². The van der Waals surface area contributed by atoms with E-state index in [4.69, 9.17) is 4.42 Å². The molecule has 0 saturated carbocycles. The second kappa shape index (κ2) is 7.63. The van der Waals surface area contributed by atoms with Crippen LogP contribution in [0.3, 0.4) is 0 Å². The van der Waals surface area contributed by atoms with Crippen molar-refractivity contribution >= 4 is 16.8 Å². The molecule has 0 bridgehead atoms. The molecule has 7 nitrogen and oxygen atoms in total. The minimum Gasteiger partial charge on any atom is -0.441 e. The summed E-state index contributed by atoms with van der Waals surface area (Å²) in [5.74, 6) is 1.14. The number of hydrogen-bond acceptors (Lipinski definition) is 6. The zero-order valence-electron chi connectivity index (χ0n) is 15.9. The van der Waals surface area contributed by atoms with Crippen molar-refractivity contribution in [1.82, 2.24) is 25.4 Å². The number of rotatable bonds is 4. The van der Waals surface area contributed by atoms with Gasteiger partial charge in [-0.1, -0.05) is 0 Å². The summed E-state index contributed by atoms with van der Waals surface area (Å²) in [6.07, 6.45) is 1.33. The van der Waals surface area contributed by atoms with Gasteiger partial charge in [0.1, 0.15) is 6.17 Å². The van der Waals surface area contributed by atoms with Crippen LogP contribution >= 0.6 is 0 Å². The summed E-state index contributed by atoms with van der Waals surface area (Å²) in [5, 5.41) is 12.2. The maximum Gasteiger partial charge on any atom is 0.228 e. The van der Waals surface area contributed by atoms with Crippen LogP contribution in [0.4, 0.5) is 4.39 Å². The smallest absolute Gasteiger partial charge is 0.228 e. The third-order valence-corrected chi connectivity index (χ3v) is 5.14. The van der Waals surface area contributed by atoms with Crippen LogP contribution in [0.2, 0.25) is 0 Å². The Bertz CT molecular complexity index is 1010. The first kappa shape index (κ1) is 18.5. The number of likely N-dealkylation sites (tertiary alicyclic amines) is 1. The lowest BCUT2D eigenvalue weighted by molar-refractivity contribution is -0.133. The Morgan fingerprint density at radius 1 is 1.36 bits per heavy atom. The van der Waals surface area contributed by atoms with Crippen molar-refractivity contribution in [3.63, 3.8) is 0 Å². The Labute approximate surface area is 162 Å². The number of carbonyl (C=O) groups is 1. The molecule has 1 N–H and O–H groups in total. The van der Waals surface area contributed by atoms with Gasteiger partial charge in [-0.25, -0.2) is 9.37 Å². The van der Waals surface area contributed by atoms with E-state index in [0.717, 1.165) is 16.5 Å². The lowest BCUT2D eigenvalue weighted by atomic mass is 10.0. The Balaban J connectivity index is 1.51. The second-order valence-corrected chi connectivity index (χ2v) is 7.07. The molecule has 0 unspecified atom stereocenters. The van der Waals surface area contributed by atoms with Crippen molar-refractivity contribution in [2.75, 3.05) is 20.1 Å². The topological polar surface area (TPSA) is 84.2 Å². The number of fused-ring (bicyclic) bond motifs is 1. The van der Waals surface area contributed by atoms with Crippen molar-refractivity contribution in [1.29, 1.82) is 0 Å². The van der Waals surface area contributed by atoms with Gasteiger partial charge in [-0.15, -0.1) is 0 Å². The number of hydrogen-bond donors (Lipinski definition) is 1. The molecular formula is C20H22FN5O2. The monoisotopic (exact) mass is 383 g/mol. The van der Waals surface area contributed by atoms with Crippen molar-refractivity contribution in [3.8, 4) is 11.3 Å². The highest BCUT2D eigenvalue weighted by Gasteiger charge is 2.30. The zero-order valence-corrected chi connectivity index (χ0v) is 15.9. The van der Waals surface area contributed by atoms with Gasteiger partial charge < -0.3 is 14.6 Å². The van der Waals surface area contributed by atoms with E-state index in [1.54, 1.807) is 25.1 Å². The van der Waals surface area contributed by atoms with Crippen LogP contribution in [0.1, 0.15) is 18.0 Å². The molecule has 0 radical (unpaired) electrons. The number of halogens is 1. The summed E-state index contributed by atoms with van der Waals surface area (Å²) in [6.45, 7) is 2.45. The average molecular weight is 383 g/mol. The molecule has 4 rings (SSSR count). The predicted molar refractivity (Wildman–Crippen MR) is 102 cm³/mol. The number of amides is 1. The highest BCUT2D eigenvalue weighted by molar-refractivity contribution is 5.85. The zero-order chi connectivity index (χ0) is 19.7. The molecule has 2 atom stereocenters. The first-order valence-electron chi connectivity index (χ1n) is 9.32. The molecule has 0 spiro atoms. The number of aromatic nitrogens is 3. The van der Waals surface area contributed by atoms with Crippen LogP contribution in [-0.4, -0.2) is 58.3 Å². The third-order valence-electron chi connectivity index (χ3n) is 5.14. The molecule has 1 aliphatic heterocycles. The van der Waals surface area contributed by atoms with Gasteiger partial charge in [0.05, 0.1) is 30.4 Å². The minimum absolute atomic E-state index is 0.103. The average Bonchev–Trinajstić information content (AvgIpc) is 3.13. The molecule has 1 saturated heterocycles. The molecular weight excluding hydrogens is 361 g/mol. The minimum atomic E-state index is -1.06. The first-order chi connectivity index (χ1) is 13.5. The SMILES string of the molecule is CN[C@H]1CCN(C(=O)Cc2cc3cc(-c4cnc(C)o4)ccc3nn2)C[C@@H]1F. The standard InChI is InChI=1S/C20H22FN5O2/c1-12-23-10-19(28-12)13-3-4-17-14(7-13)8-15(24-25-17)9-20(27)26-6-5-18(22-2)16(21)11-26/h3-4,7-8,10,16,18,22H,5-6,9,11H2,1-2H3/t16-,18-/m0/s1. The molecule has 1 aliphatic rings. The van der Waals surface area contributed by atoms with Gasteiger partial charge in [-0.2, -0.15) is 10.2 Å². The van der Waals surface area contributed by atoms with Crippen molar-refractivity contribution in [3.05, 3.63) is 42.0 Å². The molecule has 146 valence electrons. The van der Waals surface area contributed by atoms with Gasteiger partial charge in [0.15, 0.2) is 11.7 Å². The van der Waals surface area contributed by atoms with E-state index in [-0.39, 0.29) is 24.9 Å². The molecule has 1 amide bonds. The first-order valence-corrected chi connectivity index (χ1v) is 9.32. The number of benzene rings is 1. The van der Waals surface area contributed by atoms with Crippen LogP contribution in [-0.2, 0) is 11.2 Å². The highest BCUT2D eigenvalue weighted by Crippen LogP contribution is 2.24. The van der Waals surface area contributed by atoms with E-state index in [1.165, 1.54) is 0 Å². The third kappa shape index (κ3) is 3.73. The molecule has 28 heavy (non-hydrogen) atoms. The second-order valence-electron chi connectivity index (χ2n) is 7.07. The fraction of sp³-hybridized carbons (Fsp3) is 0.400. The van der Waals surface area contributed by atoms with Gasteiger partial charge in [-0.05, 0) is 37.7 Å². The van der Waals surface area contributed by atoms with Gasteiger partial charge in [0, 0.05) is 30.5 Å². The summed E-state index contributed by atoms with van der Waals surface area (Å²) >= 11 is 0. The Morgan fingerprint density at radius 2 is 2.21 bits per heavy atom. The maximum absolute atomic E-state index is 14.1. The molecule has 3 aromatic rings. The molecule has 2 aromatic heterocycles. The lowest BCUT2D eigenvalue weighted by Crippen LogP contribution is -2.51. The van der Waals surface area contributed by atoms with Crippen LogP contribution in [0.5, 0.6) is 0 Å². The van der Waals surface area contributed by atoms with Gasteiger partial charge in [0.25, 0.3) is 0 Å². The molecule has 0 aliphatic carbocycles. The summed E-state index contributed by atoms with van der Waals surface area (Å²) in [7, 11) is 1.74. The lowest BCUT2D eigenvalue weighted by Gasteiger charge is -2.34. The maximum atomic E-state index is 14.1. The van der Waals surface area contributed by atoms with Gasteiger partial charge in [0.2, 0.25) is 5.91 Å². The fourth-order valence-electron chi connectivity index (χ4n) is 3.55. The fourth-order valence-corrected chi connectivity index (χ4v) is 3.55. The summed E-state index contributed by atoms with van der Waals surface area (Å²) in [5.41, 5.74) is 2.18. The van der Waals surface area contributed by atoms with E-state index in [1.807, 2.05) is 24.3 Å². The summed E-state index contributed by atoms with van der Waals surface area (Å²) in [4.78, 5) is 18.3. The molecule has 1 aromatic carbocycles. The van der Waals surface area contributed by atoms with Gasteiger partial charge in [-0.3, -0.25) is 4.79 Å². The van der Waals surface area contributed by atoms with Gasteiger partial charge >= 0.3 is 0 Å². The molecule has 8 heteroatoms. The van der Waals surface area contributed by atoms with Crippen molar-refractivity contribution in [2.45, 2.75) is 32.0 Å². The quantitative estimate of drug-likeness (QED) is 0.744. The Hall–Kier alpha value is -2.87. The number of nitrogens with zero attached hydrogens (tertiary/aromatic N) is 4. The van der Waals surface area contributed by atoms with Crippen molar-refractivity contribution < 1.29 is 13.6 Å². The highest BCUT2D eigenvalue weighted by atomic mass is 19.1. The van der Waals surface area contributed by atoms with Crippen LogP contribution in [0.25, 0.3) is 22.2 Å². The number of aryl methyl sites for hydroxylation is 1. The summed E-state index contributed by atoms with van der Waals surface area (Å²) in [6, 6.07) is 7.35. The van der Waals surface area contributed by atoms with E-state index in [9.17, 15) is 9.18 Å². The number of oxazole rings is 1. The molecule has 1 fully saturated rings. The Kier molecular flexibility index (Phi) is 5.04. The number of carbonyl (C=O) groups excluding carboxylic acids is 1. The summed E-state index contributed by atoms with van der Waals surface area (Å²) < 4.78 is 19.7. The number of alkyl halides is 1. The number of piperidine rings is 1.